The molecule has 1 aliphatic heterocycles. The van der Waals surface area contributed by atoms with Crippen LogP contribution in [0, 0.1) is 0 Å². The molecule has 166 valence electrons. The minimum atomic E-state index is -3.17. The van der Waals surface area contributed by atoms with E-state index in [2.05, 4.69) is 4.90 Å². The van der Waals surface area contributed by atoms with Crippen LogP contribution in [0.2, 0.25) is 0 Å². The number of fused-ring (bicyclic) bond motifs is 1. The number of thiophene rings is 1. The number of hydrogen-bond donors (Lipinski definition) is 0. The Morgan fingerprint density at radius 1 is 1.19 bits per heavy atom. The molecule has 3 aromatic rings. The number of aromatic nitrogens is 1. The van der Waals surface area contributed by atoms with Gasteiger partial charge in [-0.25, -0.2) is 8.42 Å². The largest absolute Gasteiger partial charge is 0.497 e. The predicted octanol–water partition coefficient (Wildman–Crippen LogP) is 2.74. The summed E-state index contributed by atoms with van der Waals surface area (Å²) in [4.78, 5) is 16.2. The Hall–Kier alpha value is -2.20. The van der Waals surface area contributed by atoms with Crippen LogP contribution in [0.3, 0.4) is 0 Å². The van der Waals surface area contributed by atoms with E-state index in [0.29, 0.717) is 26.2 Å². The summed E-state index contributed by atoms with van der Waals surface area (Å²) in [5.74, 6) is 0.791. The first-order valence-corrected chi connectivity index (χ1v) is 12.8. The van der Waals surface area contributed by atoms with Crippen molar-refractivity contribution in [2.75, 3.05) is 33.0 Å². The maximum absolute atomic E-state index is 12.8. The fraction of sp³-hybridized carbons (Fsp3) is 0.409. The average Bonchev–Trinajstić information content (AvgIpc) is 3.15. The maximum Gasteiger partial charge on any atom is 0.259 e. The van der Waals surface area contributed by atoms with Crippen molar-refractivity contribution in [3.8, 4) is 16.9 Å². The van der Waals surface area contributed by atoms with Crippen molar-refractivity contribution in [3.05, 3.63) is 51.8 Å². The minimum Gasteiger partial charge on any atom is -0.497 e. The highest BCUT2D eigenvalue weighted by Crippen LogP contribution is 2.34. The first-order chi connectivity index (χ1) is 14.7. The number of piperazine rings is 1. The number of nitrogens with zero attached hydrogens (tertiary/aromatic N) is 3. The molecule has 9 heteroatoms. The van der Waals surface area contributed by atoms with E-state index in [9.17, 15) is 13.2 Å². The molecule has 1 atom stereocenters. The number of benzene rings is 1. The molecular weight excluding hydrogens is 434 g/mol. The standard InChI is InChI=1S/C22H27N3O4S2/c1-15-12-25(31(4,27)28)10-9-24(15)13-18-11-19-21(30-18)20(14-23(2)22(19)26)16-5-7-17(29-3)8-6-16/h5-8,11,14-15H,9-10,12-13H2,1-4H3. The Labute approximate surface area is 186 Å². The maximum atomic E-state index is 12.8. The van der Waals surface area contributed by atoms with Crippen LogP contribution in [0.5, 0.6) is 5.75 Å². The van der Waals surface area contributed by atoms with Gasteiger partial charge in [0.05, 0.1) is 18.8 Å². The van der Waals surface area contributed by atoms with E-state index in [-0.39, 0.29) is 11.6 Å². The predicted molar refractivity (Wildman–Crippen MR) is 125 cm³/mol. The Balaban J connectivity index is 1.66. The summed E-state index contributed by atoms with van der Waals surface area (Å²) in [7, 11) is 0.246. The number of hydrogen-bond acceptors (Lipinski definition) is 6. The topological polar surface area (TPSA) is 71.8 Å². The minimum absolute atomic E-state index is 0.00953. The molecule has 0 N–H and O–H groups in total. The van der Waals surface area contributed by atoms with Crippen molar-refractivity contribution in [3.63, 3.8) is 0 Å². The molecule has 0 amide bonds. The third-order valence-corrected chi connectivity index (χ3v) is 8.28. The van der Waals surface area contributed by atoms with E-state index in [1.165, 1.54) is 10.6 Å². The monoisotopic (exact) mass is 461 g/mol. The zero-order valence-electron chi connectivity index (χ0n) is 18.2. The van der Waals surface area contributed by atoms with Gasteiger partial charge < -0.3 is 9.30 Å². The van der Waals surface area contributed by atoms with Crippen LogP contribution in [0.15, 0.2) is 41.3 Å². The van der Waals surface area contributed by atoms with Crippen molar-refractivity contribution in [1.29, 1.82) is 0 Å². The molecule has 0 aliphatic carbocycles. The molecule has 4 rings (SSSR count). The lowest BCUT2D eigenvalue weighted by molar-refractivity contribution is 0.123. The van der Waals surface area contributed by atoms with Crippen LogP contribution in [-0.2, 0) is 23.6 Å². The first-order valence-electron chi connectivity index (χ1n) is 10.1. The summed E-state index contributed by atoms with van der Waals surface area (Å²) >= 11 is 1.64. The second kappa shape index (κ2) is 8.38. The van der Waals surface area contributed by atoms with E-state index >= 15 is 0 Å². The smallest absolute Gasteiger partial charge is 0.259 e. The Morgan fingerprint density at radius 3 is 2.52 bits per heavy atom. The SMILES string of the molecule is COc1ccc(-c2cn(C)c(=O)c3cc(CN4CCN(S(C)(=O)=O)CC4C)sc23)cc1. The van der Waals surface area contributed by atoms with Gasteiger partial charge in [0.15, 0.2) is 0 Å². The van der Waals surface area contributed by atoms with Gasteiger partial charge >= 0.3 is 0 Å². The van der Waals surface area contributed by atoms with Crippen molar-refractivity contribution >= 4 is 31.4 Å². The highest BCUT2D eigenvalue weighted by Gasteiger charge is 2.29. The van der Waals surface area contributed by atoms with Gasteiger partial charge in [0, 0.05) is 60.6 Å². The number of ether oxygens (including phenoxy) is 1. The van der Waals surface area contributed by atoms with Crippen LogP contribution in [0.25, 0.3) is 21.2 Å². The van der Waals surface area contributed by atoms with E-state index in [0.717, 1.165) is 31.8 Å². The van der Waals surface area contributed by atoms with Crippen molar-refractivity contribution in [2.45, 2.75) is 19.5 Å². The van der Waals surface area contributed by atoms with Gasteiger partial charge in [-0.1, -0.05) is 12.1 Å². The lowest BCUT2D eigenvalue weighted by Crippen LogP contribution is -2.52. The lowest BCUT2D eigenvalue weighted by Gasteiger charge is -2.38. The fourth-order valence-corrected chi connectivity index (χ4v) is 6.16. The number of rotatable bonds is 5. The third kappa shape index (κ3) is 4.41. The van der Waals surface area contributed by atoms with Crippen molar-refractivity contribution in [2.24, 2.45) is 7.05 Å². The summed E-state index contributed by atoms with van der Waals surface area (Å²) in [6, 6.07) is 9.95. The van der Waals surface area contributed by atoms with E-state index < -0.39 is 10.0 Å². The molecule has 7 nitrogen and oxygen atoms in total. The van der Waals surface area contributed by atoms with Gasteiger partial charge in [-0.05, 0) is 30.7 Å². The molecule has 1 aliphatic rings. The molecule has 1 fully saturated rings. The molecule has 1 saturated heterocycles. The quantitative estimate of drug-likeness (QED) is 0.584. The molecule has 0 spiro atoms. The Kier molecular flexibility index (Phi) is 5.95. The number of aryl methyl sites for hydroxylation is 1. The van der Waals surface area contributed by atoms with E-state index in [4.69, 9.17) is 4.74 Å². The van der Waals surface area contributed by atoms with E-state index in [1.54, 1.807) is 30.1 Å². The Bertz CT molecular complexity index is 1260. The summed E-state index contributed by atoms with van der Waals surface area (Å²) in [6.45, 7) is 4.40. The van der Waals surface area contributed by atoms with Gasteiger partial charge in [-0.2, -0.15) is 4.31 Å². The van der Waals surface area contributed by atoms with Gasteiger partial charge in [0.25, 0.3) is 5.56 Å². The van der Waals surface area contributed by atoms with Crippen LogP contribution in [0.1, 0.15) is 11.8 Å². The highest BCUT2D eigenvalue weighted by molar-refractivity contribution is 7.88. The van der Waals surface area contributed by atoms with Crippen LogP contribution >= 0.6 is 11.3 Å². The summed E-state index contributed by atoms with van der Waals surface area (Å²) in [5.41, 5.74) is 2.04. The van der Waals surface area contributed by atoms with Gasteiger partial charge in [0.1, 0.15) is 5.75 Å². The van der Waals surface area contributed by atoms with Crippen LogP contribution in [-0.4, -0.2) is 61.2 Å². The second-order valence-electron chi connectivity index (χ2n) is 8.08. The molecule has 3 heterocycles. The van der Waals surface area contributed by atoms with Gasteiger partial charge in [0.2, 0.25) is 10.0 Å². The molecular formula is C22H27N3O4S2. The Morgan fingerprint density at radius 2 is 1.90 bits per heavy atom. The van der Waals surface area contributed by atoms with Crippen LogP contribution < -0.4 is 10.3 Å². The third-order valence-electron chi connectivity index (χ3n) is 5.86. The summed E-state index contributed by atoms with van der Waals surface area (Å²) in [5, 5.41) is 0.721. The summed E-state index contributed by atoms with van der Waals surface area (Å²) in [6.07, 6.45) is 3.15. The van der Waals surface area contributed by atoms with Crippen molar-refractivity contribution in [1.82, 2.24) is 13.8 Å². The summed E-state index contributed by atoms with van der Waals surface area (Å²) < 4.78 is 33.1. The van der Waals surface area contributed by atoms with E-state index in [1.807, 2.05) is 43.5 Å². The van der Waals surface area contributed by atoms with Gasteiger partial charge in [-0.15, -0.1) is 11.3 Å². The lowest BCUT2D eigenvalue weighted by atomic mass is 10.1. The number of methoxy groups -OCH3 is 1. The van der Waals surface area contributed by atoms with Crippen molar-refractivity contribution < 1.29 is 13.2 Å². The molecule has 0 radical (unpaired) electrons. The molecule has 1 aromatic carbocycles. The molecule has 1 unspecified atom stereocenters. The zero-order chi connectivity index (χ0) is 22.3. The number of sulfonamides is 1. The average molecular weight is 462 g/mol. The molecule has 0 bridgehead atoms. The molecule has 31 heavy (non-hydrogen) atoms. The number of pyridine rings is 1. The molecule has 2 aromatic heterocycles. The second-order valence-corrected chi connectivity index (χ2v) is 11.2. The van der Waals surface area contributed by atoms with Crippen LogP contribution in [0.4, 0.5) is 0 Å². The zero-order valence-corrected chi connectivity index (χ0v) is 19.8. The first kappa shape index (κ1) is 22.0. The normalized spacial score (nSPS) is 18.5. The molecule has 0 saturated carbocycles. The fourth-order valence-electron chi connectivity index (χ4n) is 4.05. The highest BCUT2D eigenvalue weighted by atomic mass is 32.2. The van der Waals surface area contributed by atoms with Gasteiger partial charge in [-0.3, -0.25) is 9.69 Å².